The second-order valence-electron chi connectivity index (χ2n) is 6.90. The Morgan fingerprint density at radius 1 is 1.29 bits per heavy atom. The molecule has 1 aromatic heterocycles. The second kappa shape index (κ2) is 11.0. The van der Waals surface area contributed by atoms with Gasteiger partial charge >= 0.3 is 0 Å². The number of methoxy groups -OCH3 is 1. The average molecular weight is 390 g/mol. The first kappa shape index (κ1) is 20.6. The van der Waals surface area contributed by atoms with E-state index in [0.29, 0.717) is 18.0 Å². The van der Waals surface area contributed by atoms with Crippen LogP contribution in [0.1, 0.15) is 11.1 Å². The molecule has 1 aliphatic heterocycles. The fraction of sp³-hybridized carbons (Fsp3) is 0.550. The summed E-state index contributed by atoms with van der Waals surface area (Å²) in [4.78, 5) is 2.19. The van der Waals surface area contributed by atoms with Crippen molar-refractivity contribution in [3.63, 3.8) is 0 Å². The Morgan fingerprint density at radius 3 is 2.89 bits per heavy atom. The Hall–Kier alpha value is -2.13. The molecule has 0 radical (unpaired) electrons. The highest BCUT2D eigenvalue weighted by molar-refractivity contribution is 5.43. The summed E-state index contributed by atoms with van der Waals surface area (Å²) in [5.41, 5.74) is 2.30. The van der Waals surface area contributed by atoms with E-state index in [9.17, 15) is 5.11 Å². The topological polar surface area (TPSA) is 91.9 Å². The molecule has 1 fully saturated rings. The van der Waals surface area contributed by atoms with Gasteiger partial charge in [-0.25, -0.2) is 0 Å². The van der Waals surface area contributed by atoms with Crippen molar-refractivity contribution < 1.29 is 19.3 Å². The summed E-state index contributed by atoms with van der Waals surface area (Å²) >= 11 is 0. The highest BCUT2D eigenvalue weighted by Crippen LogP contribution is 2.28. The van der Waals surface area contributed by atoms with Crippen molar-refractivity contribution in [1.82, 2.24) is 20.4 Å². The Balaban J connectivity index is 1.42. The Morgan fingerprint density at radius 2 is 2.14 bits per heavy atom. The van der Waals surface area contributed by atoms with Crippen LogP contribution in [0.15, 0.2) is 30.6 Å². The van der Waals surface area contributed by atoms with Gasteiger partial charge in [0.1, 0.15) is 12.7 Å². The molecule has 1 atom stereocenters. The third-order valence-electron chi connectivity index (χ3n) is 4.71. The molecule has 0 saturated carbocycles. The minimum atomic E-state index is -0.549. The highest BCUT2D eigenvalue weighted by Gasteiger charge is 2.16. The van der Waals surface area contributed by atoms with Crippen molar-refractivity contribution in [1.29, 1.82) is 0 Å². The summed E-state index contributed by atoms with van der Waals surface area (Å²) in [7, 11) is 1.63. The summed E-state index contributed by atoms with van der Waals surface area (Å²) in [5.74, 6) is 1.32. The van der Waals surface area contributed by atoms with Crippen LogP contribution in [0.4, 0.5) is 0 Å². The van der Waals surface area contributed by atoms with Crippen LogP contribution in [-0.2, 0) is 17.7 Å². The van der Waals surface area contributed by atoms with Gasteiger partial charge in [0, 0.05) is 32.4 Å². The first-order valence-electron chi connectivity index (χ1n) is 9.71. The molecule has 3 N–H and O–H groups in total. The minimum absolute atomic E-state index is 0.232. The number of aliphatic hydroxyl groups excluding tert-OH is 1. The van der Waals surface area contributed by atoms with E-state index in [1.807, 2.05) is 30.6 Å². The van der Waals surface area contributed by atoms with Crippen LogP contribution < -0.4 is 14.8 Å². The Bertz CT molecular complexity index is 690. The molecule has 1 aliphatic rings. The van der Waals surface area contributed by atoms with E-state index in [4.69, 9.17) is 14.2 Å². The van der Waals surface area contributed by atoms with E-state index >= 15 is 0 Å². The molecular formula is C20H30N4O4. The smallest absolute Gasteiger partial charge is 0.161 e. The fourth-order valence-corrected chi connectivity index (χ4v) is 3.14. The number of nitrogens with zero attached hydrogens (tertiary/aromatic N) is 2. The fourth-order valence-electron chi connectivity index (χ4n) is 3.14. The molecule has 2 aromatic rings. The van der Waals surface area contributed by atoms with E-state index in [2.05, 4.69) is 20.4 Å². The predicted octanol–water partition coefficient (Wildman–Crippen LogP) is 0.823. The van der Waals surface area contributed by atoms with Crippen molar-refractivity contribution >= 4 is 0 Å². The molecule has 1 saturated heterocycles. The summed E-state index contributed by atoms with van der Waals surface area (Å²) < 4.78 is 16.6. The number of aliphatic hydroxyl groups is 1. The molecule has 154 valence electrons. The molecule has 0 bridgehead atoms. The van der Waals surface area contributed by atoms with Crippen molar-refractivity contribution in [2.45, 2.75) is 19.1 Å². The maximum absolute atomic E-state index is 10.2. The zero-order valence-electron chi connectivity index (χ0n) is 16.4. The lowest BCUT2D eigenvalue weighted by Crippen LogP contribution is -2.42. The molecular weight excluding hydrogens is 360 g/mol. The minimum Gasteiger partial charge on any atom is -0.493 e. The van der Waals surface area contributed by atoms with Crippen LogP contribution in [-0.4, -0.2) is 79.4 Å². The number of aromatic amines is 1. The summed E-state index contributed by atoms with van der Waals surface area (Å²) in [6.45, 7) is 5.58. The zero-order chi connectivity index (χ0) is 19.6. The van der Waals surface area contributed by atoms with E-state index in [1.165, 1.54) is 5.56 Å². The molecule has 0 aliphatic carbocycles. The van der Waals surface area contributed by atoms with Gasteiger partial charge in [0.25, 0.3) is 0 Å². The monoisotopic (exact) mass is 390 g/mol. The zero-order valence-corrected chi connectivity index (χ0v) is 16.4. The first-order valence-corrected chi connectivity index (χ1v) is 9.71. The van der Waals surface area contributed by atoms with Crippen LogP contribution in [0.25, 0.3) is 0 Å². The lowest BCUT2D eigenvalue weighted by atomic mass is 10.2. The number of H-pyrrole nitrogens is 1. The molecule has 3 rings (SSSR count). The van der Waals surface area contributed by atoms with Gasteiger partial charge in [-0.15, -0.1) is 0 Å². The summed E-state index contributed by atoms with van der Waals surface area (Å²) in [6.07, 6.45) is 4.12. The van der Waals surface area contributed by atoms with Crippen LogP contribution in [0.2, 0.25) is 0 Å². The number of morpholine rings is 1. The van der Waals surface area contributed by atoms with E-state index in [1.54, 1.807) is 7.11 Å². The standard InChI is InChI=1S/C20H30N4O4/c1-26-20-10-16(11-21-5-4-17-12-22-23-13-17)2-3-19(20)28-15-18(25)14-24-6-8-27-9-7-24/h2-3,10,12-13,18,21,25H,4-9,11,14-15H2,1H3,(H,22,23)/t18-/m0/s1. The van der Waals surface area contributed by atoms with Gasteiger partial charge < -0.3 is 24.6 Å². The maximum Gasteiger partial charge on any atom is 0.161 e. The third-order valence-corrected chi connectivity index (χ3v) is 4.71. The predicted molar refractivity (Wildman–Crippen MR) is 106 cm³/mol. The van der Waals surface area contributed by atoms with Crippen LogP contribution in [0.3, 0.4) is 0 Å². The van der Waals surface area contributed by atoms with E-state index in [0.717, 1.165) is 51.4 Å². The molecule has 2 heterocycles. The molecule has 0 unspecified atom stereocenters. The number of β-amino-alcohol motifs (C(OH)–C–C–N with tert-alkyl or cyclic N) is 1. The van der Waals surface area contributed by atoms with Crippen molar-refractivity contribution in [2.24, 2.45) is 0 Å². The van der Waals surface area contributed by atoms with Crippen molar-refractivity contribution in [2.75, 3.05) is 53.1 Å². The molecule has 8 heteroatoms. The largest absolute Gasteiger partial charge is 0.493 e. The molecule has 1 aromatic carbocycles. The Kier molecular flexibility index (Phi) is 8.10. The van der Waals surface area contributed by atoms with Gasteiger partial charge in [-0.3, -0.25) is 10.00 Å². The van der Waals surface area contributed by atoms with Gasteiger partial charge in [-0.05, 0) is 36.2 Å². The molecule has 0 spiro atoms. The van der Waals surface area contributed by atoms with Crippen LogP contribution >= 0.6 is 0 Å². The Labute approximate surface area is 165 Å². The first-order chi connectivity index (χ1) is 13.7. The van der Waals surface area contributed by atoms with Crippen molar-refractivity contribution in [3.8, 4) is 11.5 Å². The summed E-state index contributed by atoms with van der Waals surface area (Å²) in [5, 5.41) is 20.4. The number of nitrogens with one attached hydrogen (secondary N) is 2. The van der Waals surface area contributed by atoms with Crippen LogP contribution in [0.5, 0.6) is 11.5 Å². The molecule has 8 nitrogen and oxygen atoms in total. The lowest BCUT2D eigenvalue weighted by molar-refractivity contribution is 0.00445. The lowest BCUT2D eigenvalue weighted by Gasteiger charge is -2.28. The molecule has 0 amide bonds. The third kappa shape index (κ3) is 6.49. The number of aromatic nitrogens is 2. The highest BCUT2D eigenvalue weighted by atomic mass is 16.5. The maximum atomic E-state index is 10.2. The van der Waals surface area contributed by atoms with Gasteiger partial charge in [0.2, 0.25) is 0 Å². The van der Waals surface area contributed by atoms with Gasteiger partial charge in [-0.2, -0.15) is 5.10 Å². The van der Waals surface area contributed by atoms with E-state index in [-0.39, 0.29) is 6.61 Å². The number of hydrogen-bond acceptors (Lipinski definition) is 7. The average Bonchev–Trinajstić information content (AvgIpc) is 3.24. The SMILES string of the molecule is COc1cc(CNCCc2cn[nH]c2)ccc1OC[C@@H](O)CN1CCOCC1. The van der Waals surface area contributed by atoms with Gasteiger partial charge in [-0.1, -0.05) is 6.07 Å². The second-order valence-corrected chi connectivity index (χ2v) is 6.90. The quantitative estimate of drug-likeness (QED) is 0.489. The summed E-state index contributed by atoms with van der Waals surface area (Å²) in [6, 6.07) is 5.87. The normalized spacial score (nSPS) is 16.1. The molecule has 28 heavy (non-hydrogen) atoms. The number of benzene rings is 1. The van der Waals surface area contributed by atoms with Crippen LogP contribution in [0, 0.1) is 0 Å². The number of hydrogen-bond donors (Lipinski definition) is 3. The van der Waals surface area contributed by atoms with Crippen molar-refractivity contribution in [3.05, 3.63) is 41.7 Å². The number of rotatable bonds is 11. The van der Waals surface area contributed by atoms with Gasteiger partial charge in [0.15, 0.2) is 11.5 Å². The van der Waals surface area contributed by atoms with E-state index < -0.39 is 6.10 Å². The van der Waals surface area contributed by atoms with Gasteiger partial charge in [0.05, 0.1) is 26.5 Å². The number of ether oxygens (including phenoxy) is 3.